The zero-order chi connectivity index (χ0) is 19.1. The smallest absolute Gasteiger partial charge is 0.241 e. The van der Waals surface area contributed by atoms with Gasteiger partial charge in [0.25, 0.3) is 0 Å². The third-order valence-corrected chi connectivity index (χ3v) is 5.61. The summed E-state index contributed by atoms with van der Waals surface area (Å²) in [6, 6.07) is 3.05. The minimum absolute atomic E-state index is 0.0404. The quantitative estimate of drug-likeness (QED) is 0.592. The van der Waals surface area contributed by atoms with Gasteiger partial charge in [-0.15, -0.1) is 0 Å². The summed E-state index contributed by atoms with van der Waals surface area (Å²) in [4.78, 5) is 18.2. The van der Waals surface area contributed by atoms with Crippen LogP contribution in [-0.4, -0.2) is 53.2 Å². The fraction of sp³-hybridized carbons (Fsp3) is 0.750. The van der Waals surface area contributed by atoms with Gasteiger partial charge < -0.3 is 15.5 Å². The van der Waals surface area contributed by atoms with E-state index in [1.807, 2.05) is 0 Å². The van der Waals surface area contributed by atoms with Gasteiger partial charge in [-0.05, 0) is 31.7 Å². The maximum atomic E-state index is 11.9. The van der Waals surface area contributed by atoms with Gasteiger partial charge in [0.2, 0.25) is 5.91 Å². The molecule has 0 aromatic carbocycles. The molecule has 0 aliphatic heterocycles. The molecule has 1 aromatic rings. The van der Waals surface area contributed by atoms with Crippen molar-refractivity contribution in [3.05, 3.63) is 18.0 Å². The van der Waals surface area contributed by atoms with Crippen molar-refractivity contribution in [3.8, 4) is 0 Å². The number of hydrogen-bond donors (Lipinski definition) is 2. The van der Waals surface area contributed by atoms with E-state index in [1.54, 1.807) is 19.0 Å². The van der Waals surface area contributed by atoms with Gasteiger partial charge in [0.15, 0.2) is 5.96 Å². The van der Waals surface area contributed by atoms with Gasteiger partial charge in [-0.1, -0.05) is 32.1 Å². The number of nitrogens with zero attached hydrogens (tertiary/aromatic N) is 4. The van der Waals surface area contributed by atoms with Crippen LogP contribution < -0.4 is 10.6 Å². The number of guanidine groups is 1. The molecule has 2 saturated carbocycles. The van der Waals surface area contributed by atoms with Crippen molar-refractivity contribution < 1.29 is 4.79 Å². The van der Waals surface area contributed by atoms with Crippen molar-refractivity contribution in [1.82, 2.24) is 25.3 Å². The standard InChI is InChI=1S/C20H34N6O/c1-25(2)19(27)15-22-20(23-16-8-4-3-5-9-16)21-14-17-12-13-26(24-17)18-10-6-7-11-18/h12-13,16,18H,3-11,14-15H2,1-2H3,(H2,21,22,23). The molecular formula is C20H34N6O. The molecule has 0 spiro atoms. The highest BCUT2D eigenvalue weighted by Gasteiger charge is 2.18. The molecule has 150 valence electrons. The Hall–Kier alpha value is -2.05. The Labute approximate surface area is 162 Å². The number of hydrogen-bond acceptors (Lipinski definition) is 3. The monoisotopic (exact) mass is 374 g/mol. The molecule has 1 aromatic heterocycles. The van der Waals surface area contributed by atoms with Gasteiger partial charge in [-0.3, -0.25) is 9.48 Å². The zero-order valence-electron chi connectivity index (χ0n) is 16.8. The topological polar surface area (TPSA) is 74.5 Å². The Morgan fingerprint density at radius 1 is 1.19 bits per heavy atom. The summed E-state index contributed by atoms with van der Waals surface area (Å²) in [5.41, 5.74) is 0.977. The van der Waals surface area contributed by atoms with Crippen LogP contribution in [0.1, 0.15) is 69.5 Å². The predicted molar refractivity (Wildman–Crippen MR) is 108 cm³/mol. The molecule has 1 heterocycles. The van der Waals surface area contributed by atoms with Crippen LogP contribution in [0.15, 0.2) is 17.3 Å². The number of aliphatic imine (C=N–C) groups is 1. The number of amides is 1. The summed E-state index contributed by atoms with van der Waals surface area (Å²) in [5.74, 6) is 0.756. The lowest BCUT2D eigenvalue weighted by atomic mass is 9.96. The molecule has 0 radical (unpaired) electrons. The first-order valence-electron chi connectivity index (χ1n) is 10.4. The summed E-state index contributed by atoms with van der Waals surface area (Å²) in [6.07, 6.45) is 13.3. The van der Waals surface area contributed by atoms with Gasteiger partial charge in [0.05, 0.1) is 24.8 Å². The average molecular weight is 375 g/mol. The highest BCUT2D eigenvalue weighted by atomic mass is 16.2. The van der Waals surface area contributed by atoms with Crippen LogP contribution in [0.3, 0.4) is 0 Å². The molecule has 3 rings (SSSR count). The van der Waals surface area contributed by atoms with E-state index in [0.717, 1.165) is 5.69 Å². The highest BCUT2D eigenvalue weighted by molar-refractivity contribution is 5.86. The van der Waals surface area contributed by atoms with Crippen molar-refractivity contribution in [3.63, 3.8) is 0 Å². The number of carbonyl (C=O) groups excluding carboxylic acids is 1. The summed E-state index contributed by atoms with van der Waals surface area (Å²) < 4.78 is 2.11. The SMILES string of the molecule is CN(C)C(=O)CNC(=NCc1ccn(C2CCCC2)n1)NC1CCCCC1. The van der Waals surface area contributed by atoms with Gasteiger partial charge >= 0.3 is 0 Å². The fourth-order valence-corrected chi connectivity index (χ4v) is 3.90. The summed E-state index contributed by atoms with van der Waals surface area (Å²) in [7, 11) is 3.54. The van der Waals surface area contributed by atoms with Gasteiger partial charge in [0.1, 0.15) is 0 Å². The molecule has 0 unspecified atom stereocenters. The number of likely N-dealkylation sites (N-methyl/N-ethyl adjacent to an activating group) is 1. The normalized spacial score (nSPS) is 19.3. The Kier molecular flexibility index (Phi) is 7.12. The first-order valence-corrected chi connectivity index (χ1v) is 10.4. The van der Waals surface area contributed by atoms with E-state index < -0.39 is 0 Å². The summed E-state index contributed by atoms with van der Waals surface area (Å²) in [6.45, 7) is 0.778. The predicted octanol–water partition coefficient (Wildman–Crippen LogP) is 2.45. The van der Waals surface area contributed by atoms with Gasteiger partial charge in [-0.2, -0.15) is 5.10 Å². The fourth-order valence-electron chi connectivity index (χ4n) is 3.90. The minimum Gasteiger partial charge on any atom is -0.354 e. The van der Waals surface area contributed by atoms with Gasteiger partial charge in [0, 0.05) is 26.3 Å². The molecular weight excluding hydrogens is 340 g/mol. The lowest BCUT2D eigenvalue weighted by Gasteiger charge is -2.25. The van der Waals surface area contributed by atoms with Crippen molar-refractivity contribution in [2.45, 2.75) is 76.4 Å². The molecule has 7 nitrogen and oxygen atoms in total. The molecule has 27 heavy (non-hydrogen) atoms. The molecule has 1 amide bonds. The number of rotatable bonds is 6. The lowest BCUT2D eigenvalue weighted by molar-refractivity contribution is -0.127. The summed E-state index contributed by atoms with van der Waals surface area (Å²) in [5, 5.41) is 11.4. The van der Waals surface area contributed by atoms with E-state index in [-0.39, 0.29) is 12.5 Å². The van der Waals surface area contributed by atoms with Crippen LogP contribution in [0.25, 0.3) is 0 Å². The average Bonchev–Trinajstić information content (AvgIpc) is 3.35. The molecule has 2 aliphatic rings. The van der Waals surface area contributed by atoms with Crippen LogP contribution in [0, 0.1) is 0 Å². The van der Waals surface area contributed by atoms with E-state index in [2.05, 4.69) is 27.6 Å². The molecule has 7 heteroatoms. The Morgan fingerprint density at radius 3 is 2.59 bits per heavy atom. The van der Waals surface area contributed by atoms with E-state index in [9.17, 15) is 4.79 Å². The molecule has 2 aliphatic carbocycles. The zero-order valence-corrected chi connectivity index (χ0v) is 16.8. The first-order chi connectivity index (χ1) is 13.1. The summed E-state index contributed by atoms with van der Waals surface area (Å²) >= 11 is 0. The van der Waals surface area contributed by atoms with Crippen molar-refractivity contribution in [1.29, 1.82) is 0 Å². The maximum Gasteiger partial charge on any atom is 0.241 e. The first kappa shape index (κ1) is 19.7. The van der Waals surface area contributed by atoms with Crippen LogP contribution in [0.2, 0.25) is 0 Å². The van der Waals surface area contributed by atoms with Gasteiger partial charge in [-0.25, -0.2) is 4.99 Å². The third kappa shape index (κ3) is 5.97. The second-order valence-electron chi connectivity index (χ2n) is 8.01. The van der Waals surface area contributed by atoms with E-state index in [4.69, 9.17) is 10.1 Å². The lowest BCUT2D eigenvalue weighted by Crippen LogP contribution is -2.47. The van der Waals surface area contributed by atoms with E-state index >= 15 is 0 Å². The van der Waals surface area contributed by atoms with Crippen molar-refractivity contribution in [2.75, 3.05) is 20.6 Å². The van der Waals surface area contributed by atoms with E-state index in [0.29, 0.717) is 24.6 Å². The Balaban J connectivity index is 1.60. The largest absolute Gasteiger partial charge is 0.354 e. The number of carbonyl (C=O) groups is 1. The Morgan fingerprint density at radius 2 is 1.89 bits per heavy atom. The van der Waals surface area contributed by atoms with Crippen LogP contribution in [-0.2, 0) is 11.3 Å². The Bertz CT molecular complexity index is 626. The second-order valence-corrected chi connectivity index (χ2v) is 8.01. The number of aromatic nitrogens is 2. The van der Waals surface area contributed by atoms with Crippen LogP contribution in [0.5, 0.6) is 0 Å². The van der Waals surface area contributed by atoms with Crippen molar-refractivity contribution in [2.24, 2.45) is 4.99 Å². The second kappa shape index (κ2) is 9.76. The van der Waals surface area contributed by atoms with E-state index in [1.165, 1.54) is 57.8 Å². The molecule has 0 atom stereocenters. The number of nitrogens with one attached hydrogen (secondary N) is 2. The van der Waals surface area contributed by atoms with Crippen LogP contribution in [0.4, 0.5) is 0 Å². The third-order valence-electron chi connectivity index (χ3n) is 5.61. The molecule has 2 fully saturated rings. The molecule has 0 saturated heterocycles. The van der Waals surface area contributed by atoms with Crippen LogP contribution >= 0.6 is 0 Å². The minimum atomic E-state index is 0.0404. The highest BCUT2D eigenvalue weighted by Crippen LogP contribution is 2.28. The van der Waals surface area contributed by atoms with Crippen molar-refractivity contribution >= 4 is 11.9 Å². The molecule has 0 bridgehead atoms. The molecule has 2 N–H and O–H groups in total. The maximum absolute atomic E-state index is 11.9.